The minimum Gasteiger partial charge on any atom is -0.494 e. The van der Waals surface area contributed by atoms with E-state index in [1.54, 1.807) is 30.3 Å². The molecule has 174 valence electrons. The van der Waals surface area contributed by atoms with Crippen molar-refractivity contribution in [3.05, 3.63) is 52.7 Å². The summed E-state index contributed by atoms with van der Waals surface area (Å²) in [5.74, 6) is 0.960. The number of nitrogens with zero attached hydrogens (tertiary/aromatic N) is 4. The molecule has 4 rings (SSSR count). The number of hydrogen-bond donors (Lipinski definition) is 1. The highest BCUT2D eigenvalue weighted by Crippen LogP contribution is 2.27. The average molecular weight is 453 g/mol. The molecular weight excluding hydrogens is 426 g/mol. The molecule has 2 aromatic rings. The van der Waals surface area contributed by atoms with Crippen LogP contribution in [0, 0.1) is 10.1 Å². The number of benzene rings is 1. The molecule has 0 saturated carbocycles. The van der Waals surface area contributed by atoms with E-state index in [4.69, 9.17) is 4.74 Å². The van der Waals surface area contributed by atoms with Crippen LogP contribution in [0.5, 0.6) is 5.75 Å². The van der Waals surface area contributed by atoms with Crippen molar-refractivity contribution in [3.8, 4) is 5.75 Å². The van der Waals surface area contributed by atoms with Crippen LogP contribution in [-0.2, 0) is 9.59 Å². The third kappa shape index (κ3) is 5.11. The molecule has 0 bridgehead atoms. The predicted molar refractivity (Wildman–Crippen MR) is 122 cm³/mol. The van der Waals surface area contributed by atoms with E-state index >= 15 is 0 Å². The van der Waals surface area contributed by atoms with E-state index in [-0.39, 0.29) is 30.0 Å². The van der Waals surface area contributed by atoms with Crippen LogP contribution in [0.2, 0.25) is 0 Å². The summed E-state index contributed by atoms with van der Waals surface area (Å²) in [5, 5.41) is 14.2. The zero-order valence-electron chi connectivity index (χ0n) is 18.5. The van der Waals surface area contributed by atoms with Gasteiger partial charge in [0.2, 0.25) is 5.91 Å². The quantitative estimate of drug-likeness (QED) is 0.368. The Morgan fingerprint density at radius 3 is 2.48 bits per heavy atom. The largest absolute Gasteiger partial charge is 0.494 e. The third-order valence-corrected chi connectivity index (χ3v) is 5.91. The zero-order chi connectivity index (χ0) is 23.4. The molecule has 10 heteroatoms. The summed E-state index contributed by atoms with van der Waals surface area (Å²) in [6, 6.07) is 9.68. The van der Waals surface area contributed by atoms with Crippen molar-refractivity contribution in [2.24, 2.45) is 0 Å². The van der Waals surface area contributed by atoms with E-state index in [0.29, 0.717) is 37.0 Å². The molecule has 1 aromatic heterocycles. The number of carbonyl (C=O) groups is 2. The second-order valence-electron chi connectivity index (χ2n) is 8.23. The first-order valence-corrected chi connectivity index (χ1v) is 11.2. The number of imide groups is 1. The summed E-state index contributed by atoms with van der Waals surface area (Å²) < 4.78 is 5.57. The van der Waals surface area contributed by atoms with Gasteiger partial charge in [0.1, 0.15) is 17.8 Å². The maximum absolute atomic E-state index is 13.0. The van der Waals surface area contributed by atoms with Crippen LogP contribution in [0.4, 0.5) is 17.2 Å². The molecule has 0 spiro atoms. The molecule has 0 aliphatic carbocycles. The van der Waals surface area contributed by atoms with E-state index in [1.807, 2.05) is 6.92 Å². The topological polar surface area (TPSA) is 118 Å². The van der Waals surface area contributed by atoms with E-state index < -0.39 is 11.0 Å². The van der Waals surface area contributed by atoms with Gasteiger partial charge in [0, 0.05) is 25.2 Å². The highest BCUT2D eigenvalue weighted by atomic mass is 16.6. The fourth-order valence-corrected chi connectivity index (χ4v) is 4.18. The third-order valence-electron chi connectivity index (χ3n) is 5.91. The Bertz CT molecular complexity index is 1000. The summed E-state index contributed by atoms with van der Waals surface area (Å²) in [4.78, 5) is 43.4. The molecular formula is C23H27N5O5. The molecule has 33 heavy (non-hydrogen) atoms. The van der Waals surface area contributed by atoms with Crippen LogP contribution in [-0.4, -0.2) is 53.5 Å². The van der Waals surface area contributed by atoms with Crippen LogP contribution >= 0.6 is 0 Å². The standard InChI is InChI=1S/C23H27N5O5/c1-2-13-33-19-6-3-17(4-7-19)27-22(29)14-20(23(27)30)25-16-9-11-26(12-10-16)21-8-5-18(15-24-21)28(31)32/h3-8,15-16,20,25H,2,9-14H2,1H3. The SMILES string of the molecule is CCCOc1ccc(N2C(=O)CC(NC3CCN(c4ccc([N+](=O)[O-])cn4)CC3)C2=O)cc1. The van der Waals surface area contributed by atoms with Crippen molar-refractivity contribution < 1.29 is 19.2 Å². The Labute approximate surface area is 191 Å². The number of ether oxygens (including phenoxy) is 1. The summed E-state index contributed by atoms with van der Waals surface area (Å²) in [6.07, 6.45) is 3.86. The molecule has 1 N–H and O–H groups in total. The average Bonchev–Trinajstić information content (AvgIpc) is 3.11. The Morgan fingerprint density at radius 1 is 1.15 bits per heavy atom. The van der Waals surface area contributed by atoms with Gasteiger partial charge in [-0.1, -0.05) is 6.92 Å². The molecule has 0 radical (unpaired) electrons. The number of anilines is 2. The van der Waals surface area contributed by atoms with Crippen LogP contribution in [0.25, 0.3) is 0 Å². The van der Waals surface area contributed by atoms with Crippen molar-refractivity contribution in [2.75, 3.05) is 29.5 Å². The minimum atomic E-state index is -0.539. The highest BCUT2D eigenvalue weighted by Gasteiger charge is 2.40. The molecule has 2 fully saturated rings. The number of carbonyl (C=O) groups excluding carboxylic acids is 2. The molecule has 1 atom stereocenters. The van der Waals surface area contributed by atoms with Crippen molar-refractivity contribution in [1.29, 1.82) is 0 Å². The second-order valence-corrected chi connectivity index (χ2v) is 8.23. The van der Waals surface area contributed by atoms with Gasteiger partial charge in [-0.15, -0.1) is 0 Å². The number of amides is 2. The van der Waals surface area contributed by atoms with Gasteiger partial charge < -0.3 is 15.0 Å². The van der Waals surface area contributed by atoms with E-state index in [0.717, 1.165) is 19.3 Å². The molecule has 3 heterocycles. The highest BCUT2D eigenvalue weighted by molar-refractivity contribution is 6.22. The molecule has 1 unspecified atom stereocenters. The van der Waals surface area contributed by atoms with Crippen LogP contribution < -0.4 is 19.9 Å². The number of hydrogen-bond acceptors (Lipinski definition) is 8. The summed E-state index contributed by atoms with van der Waals surface area (Å²) in [5.41, 5.74) is 0.518. The number of nitro groups is 1. The Morgan fingerprint density at radius 2 is 1.88 bits per heavy atom. The van der Waals surface area contributed by atoms with Crippen molar-refractivity contribution in [2.45, 2.75) is 44.7 Å². The molecule has 1 aromatic carbocycles. The second kappa shape index (κ2) is 9.95. The van der Waals surface area contributed by atoms with Gasteiger partial charge in [-0.3, -0.25) is 19.7 Å². The van der Waals surface area contributed by atoms with E-state index in [1.165, 1.54) is 17.2 Å². The summed E-state index contributed by atoms with van der Waals surface area (Å²) in [6.45, 7) is 4.06. The van der Waals surface area contributed by atoms with Gasteiger partial charge in [0.15, 0.2) is 0 Å². The smallest absolute Gasteiger partial charge is 0.287 e. The van der Waals surface area contributed by atoms with Crippen molar-refractivity contribution in [1.82, 2.24) is 10.3 Å². The lowest BCUT2D eigenvalue weighted by Crippen LogP contribution is -2.49. The summed E-state index contributed by atoms with van der Waals surface area (Å²) >= 11 is 0. The van der Waals surface area contributed by atoms with Gasteiger partial charge in [-0.25, -0.2) is 9.88 Å². The van der Waals surface area contributed by atoms with Gasteiger partial charge >= 0.3 is 0 Å². The number of aromatic nitrogens is 1. The van der Waals surface area contributed by atoms with Crippen molar-refractivity contribution in [3.63, 3.8) is 0 Å². The normalized spacial score (nSPS) is 19.2. The molecule has 2 aliphatic rings. The maximum atomic E-state index is 13.0. The fraction of sp³-hybridized carbons (Fsp3) is 0.435. The molecule has 2 saturated heterocycles. The predicted octanol–water partition coefficient (Wildman–Crippen LogP) is 2.67. The maximum Gasteiger partial charge on any atom is 0.287 e. The van der Waals surface area contributed by atoms with Crippen LogP contribution in [0.1, 0.15) is 32.6 Å². The Kier molecular flexibility index (Phi) is 6.83. The molecule has 2 aliphatic heterocycles. The monoisotopic (exact) mass is 453 g/mol. The molecule has 10 nitrogen and oxygen atoms in total. The first-order valence-electron chi connectivity index (χ1n) is 11.2. The lowest BCUT2D eigenvalue weighted by Gasteiger charge is -2.34. The first kappa shape index (κ1) is 22.7. The zero-order valence-corrected chi connectivity index (χ0v) is 18.5. The molecule has 2 amide bonds. The number of piperidine rings is 1. The van der Waals surface area contributed by atoms with E-state index in [9.17, 15) is 19.7 Å². The van der Waals surface area contributed by atoms with Crippen molar-refractivity contribution >= 4 is 29.0 Å². The van der Waals surface area contributed by atoms with Gasteiger partial charge in [-0.2, -0.15) is 0 Å². The Hall–Kier alpha value is -3.53. The number of pyridine rings is 1. The number of nitrogens with one attached hydrogen (secondary N) is 1. The minimum absolute atomic E-state index is 0.0348. The van der Waals surface area contributed by atoms with Crippen LogP contribution in [0.3, 0.4) is 0 Å². The first-order chi connectivity index (χ1) is 16.0. The lowest BCUT2D eigenvalue weighted by atomic mass is 10.0. The van der Waals surface area contributed by atoms with Gasteiger partial charge in [0.05, 0.1) is 29.7 Å². The van der Waals surface area contributed by atoms with Gasteiger partial charge in [0.25, 0.3) is 11.6 Å². The lowest BCUT2D eigenvalue weighted by molar-refractivity contribution is -0.385. The fourth-order valence-electron chi connectivity index (χ4n) is 4.18. The van der Waals surface area contributed by atoms with Crippen LogP contribution in [0.15, 0.2) is 42.6 Å². The van der Waals surface area contributed by atoms with Gasteiger partial charge in [-0.05, 0) is 49.6 Å². The van der Waals surface area contributed by atoms with E-state index in [2.05, 4.69) is 15.2 Å². The Balaban J connectivity index is 1.31. The summed E-state index contributed by atoms with van der Waals surface area (Å²) in [7, 11) is 0. The number of rotatable bonds is 8.